The second kappa shape index (κ2) is 9.32. The molecule has 0 saturated heterocycles. The van der Waals surface area contributed by atoms with E-state index in [1.165, 1.54) is 11.3 Å². The summed E-state index contributed by atoms with van der Waals surface area (Å²) >= 11 is 1.32. The van der Waals surface area contributed by atoms with Crippen LogP contribution < -0.4 is 10.1 Å². The van der Waals surface area contributed by atoms with Crippen molar-refractivity contribution < 1.29 is 19.1 Å². The third kappa shape index (κ3) is 5.29. The topological polar surface area (TPSA) is 77.5 Å². The van der Waals surface area contributed by atoms with Gasteiger partial charge in [0.15, 0.2) is 0 Å². The number of pyridine rings is 1. The molecule has 0 aliphatic heterocycles. The normalized spacial score (nSPS) is 10.8. The molecule has 7 heteroatoms. The number of hydrogen-bond donors (Lipinski definition) is 1. The summed E-state index contributed by atoms with van der Waals surface area (Å²) in [6.07, 6.45) is 1.81. The fourth-order valence-electron chi connectivity index (χ4n) is 2.55. The number of nitrogens with zero attached hydrogens (tertiary/aromatic N) is 1. The number of carbonyl (C=O) groups excluding carboxylic acids is 2. The minimum absolute atomic E-state index is 0.0341. The molecule has 6 nitrogen and oxygen atoms in total. The Hall–Kier alpha value is -2.93. The molecule has 0 aliphatic rings. The first-order valence-electron chi connectivity index (χ1n) is 9.06. The molecule has 0 bridgehead atoms. The number of aromatic nitrogens is 1. The van der Waals surface area contributed by atoms with E-state index < -0.39 is 0 Å². The van der Waals surface area contributed by atoms with Gasteiger partial charge in [-0.1, -0.05) is 30.3 Å². The first-order chi connectivity index (χ1) is 13.5. The van der Waals surface area contributed by atoms with Crippen LogP contribution in [0.3, 0.4) is 0 Å². The van der Waals surface area contributed by atoms with E-state index in [-0.39, 0.29) is 37.6 Å². The molecule has 0 saturated carbocycles. The lowest BCUT2D eigenvalue weighted by molar-refractivity contribution is -0.144. The zero-order chi connectivity index (χ0) is 19.9. The summed E-state index contributed by atoms with van der Waals surface area (Å²) in [5, 5.41) is 2.75. The van der Waals surface area contributed by atoms with E-state index in [2.05, 4.69) is 10.3 Å². The van der Waals surface area contributed by atoms with E-state index in [0.29, 0.717) is 10.6 Å². The largest absolute Gasteiger partial charge is 0.489 e. The van der Waals surface area contributed by atoms with Gasteiger partial charge in [-0.05, 0) is 31.5 Å². The van der Waals surface area contributed by atoms with Crippen LogP contribution in [0.15, 0.2) is 48.7 Å². The fourth-order valence-corrected chi connectivity index (χ4v) is 3.54. The molecular formula is C21H22N2O4S. The maximum absolute atomic E-state index is 12.4. The first-order valence-corrected chi connectivity index (χ1v) is 9.87. The quantitative estimate of drug-likeness (QED) is 0.582. The van der Waals surface area contributed by atoms with Gasteiger partial charge in [0.2, 0.25) is 0 Å². The van der Waals surface area contributed by atoms with E-state index in [1.54, 1.807) is 18.3 Å². The highest BCUT2D eigenvalue weighted by Crippen LogP contribution is 2.32. The van der Waals surface area contributed by atoms with Crippen LogP contribution in [0.1, 0.15) is 35.5 Å². The fraction of sp³-hybridized carbons (Fsp3) is 0.286. The van der Waals surface area contributed by atoms with Crippen LogP contribution in [0.5, 0.6) is 5.75 Å². The minimum Gasteiger partial charge on any atom is -0.489 e. The standard InChI is InChI=1S/C21H22N2O4S/c1-14(2)27-17-8-10-22-16-12-18(28-20(16)17)21(25)23-11-9-19(24)26-13-15-6-4-3-5-7-15/h3-8,10,12,14H,9,11,13H2,1-2H3,(H,23,25). The molecule has 1 N–H and O–H groups in total. The van der Waals surface area contributed by atoms with Gasteiger partial charge in [-0.15, -0.1) is 11.3 Å². The van der Waals surface area contributed by atoms with Crippen molar-refractivity contribution in [2.75, 3.05) is 6.54 Å². The molecule has 28 heavy (non-hydrogen) atoms. The summed E-state index contributed by atoms with van der Waals surface area (Å²) in [5.74, 6) is 0.123. The van der Waals surface area contributed by atoms with Crippen molar-refractivity contribution in [2.45, 2.75) is 33.0 Å². The van der Waals surface area contributed by atoms with Crippen molar-refractivity contribution in [3.63, 3.8) is 0 Å². The van der Waals surface area contributed by atoms with Gasteiger partial charge in [-0.25, -0.2) is 0 Å². The number of rotatable bonds is 8. The van der Waals surface area contributed by atoms with Gasteiger partial charge < -0.3 is 14.8 Å². The lowest BCUT2D eigenvalue weighted by Crippen LogP contribution is -2.25. The molecule has 0 aliphatic carbocycles. The Labute approximate surface area is 167 Å². The summed E-state index contributed by atoms with van der Waals surface area (Å²) in [5.41, 5.74) is 1.65. The SMILES string of the molecule is CC(C)Oc1ccnc2cc(C(=O)NCCC(=O)OCc3ccccc3)sc12. The van der Waals surface area contributed by atoms with Crippen molar-refractivity contribution in [1.29, 1.82) is 0 Å². The lowest BCUT2D eigenvalue weighted by atomic mass is 10.2. The minimum atomic E-state index is -0.352. The van der Waals surface area contributed by atoms with Crippen LogP contribution in [0.2, 0.25) is 0 Å². The molecule has 0 spiro atoms. The average molecular weight is 398 g/mol. The third-order valence-electron chi connectivity index (χ3n) is 3.82. The lowest BCUT2D eigenvalue weighted by Gasteiger charge is -2.09. The third-order valence-corrected chi connectivity index (χ3v) is 4.96. The second-order valence-electron chi connectivity index (χ2n) is 6.45. The summed E-state index contributed by atoms with van der Waals surface area (Å²) in [4.78, 5) is 29.0. The van der Waals surface area contributed by atoms with Gasteiger partial charge in [0.25, 0.3) is 5.91 Å². The molecule has 0 radical (unpaired) electrons. The van der Waals surface area contributed by atoms with Crippen molar-refractivity contribution in [3.8, 4) is 5.75 Å². The van der Waals surface area contributed by atoms with Crippen molar-refractivity contribution >= 4 is 33.4 Å². The molecule has 0 atom stereocenters. The van der Waals surface area contributed by atoms with Crippen molar-refractivity contribution in [3.05, 3.63) is 59.1 Å². The number of fused-ring (bicyclic) bond motifs is 1. The van der Waals surface area contributed by atoms with E-state index in [0.717, 1.165) is 15.8 Å². The second-order valence-corrected chi connectivity index (χ2v) is 7.51. The van der Waals surface area contributed by atoms with E-state index in [4.69, 9.17) is 9.47 Å². The van der Waals surface area contributed by atoms with Gasteiger partial charge in [-0.3, -0.25) is 14.6 Å². The Morgan fingerprint density at radius 1 is 1.18 bits per heavy atom. The zero-order valence-corrected chi connectivity index (χ0v) is 16.6. The number of ether oxygens (including phenoxy) is 2. The highest BCUT2D eigenvalue weighted by atomic mass is 32.1. The van der Waals surface area contributed by atoms with Crippen LogP contribution in [0, 0.1) is 0 Å². The highest BCUT2D eigenvalue weighted by Gasteiger charge is 2.15. The maximum Gasteiger partial charge on any atom is 0.307 e. The Morgan fingerprint density at radius 3 is 2.71 bits per heavy atom. The van der Waals surface area contributed by atoms with Gasteiger partial charge in [0.1, 0.15) is 12.4 Å². The Balaban J connectivity index is 1.51. The Bertz CT molecular complexity index is 953. The number of benzene rings is 1. The van der Waals surface area contributed by atoms with Crippen LogP contribution in [-0.2, 0) is 16.1 Å². The molecular weight excluding hydrogens is 376 g/mol. The molecule has 146 valence electrons. The Kier molecular flexibility index (Phi) is 6.60. The van der Waals surface area contributed by atoms with Gasteiger partial charge >= 0.3 is 5.97 Å². The summed E-state index contributed by atoms with van der Waals surface area (Å²) < 4.78 is 11.8. The zero-order valence-electron chi connectivity index (χ0n) is 15.8. The smallest absolute Gasteiger partial charge is 0.307 e. The molecule has 2 heterocycles. The van der Waals surface area contributed by atoms with E-state index in [1.807, 2.05) is 44.2 Å². The maximum atomic E-state index is 12.4. The van der Waals surface area contributed by atoms with Crippen LogP contribution >= 0.6 is 11.3 Å². The summed E-state index contributed by atoms with van der Waals surface area (Å²) in [6, 6.07) is 13.0. The first kappa shape index (κ1) is 19.8. The molecule has 3 aromatic rings. The highest BCUT2D eigenvalue weighted by molar-refractivity contribution is 7.21. The number of esters is 1. The van der Waals surface area contributed by atoms with Gasteiger partial charge in [0.05, 0.1) is 27.6 Å². The van der Waals surface area contributed by atoms with E-state index in [9.17, 15) is 9.59 Å². The molecule has 1 aromatic carbocycles. The predicted octanol–water partition coefficient (Wildman–Crippen LogP) is 3.95. The van der Waals surface area contributed by atoms with Crippen molar-refractivity contribution in [2.24, 2.45) is 0 Å². The number of thiophene rings is 1. The van der Waals surface area contributed by atoms with Crippen molar-refractivity contribution in [1.82, 2.24) is 10.3 Å². The molecule has 0 fully saturated rings. The summed E-state index contributed by atoms with van der Waals surface area (Å²) in [7, 11) is 0. The predicted molar refractivity (Wildman–Crippen MR) is 109 cm³/mol. The molecule has 1 amide bonds. The van der Waals surface area contributed by atoms with Crippen LogP contribution in [0.25, 0.3) is 10.2 Å². The number of carbonyl (C=O) groups is 2. The summed E-state index contributed by atoms with van der Waals surface area (Å²) in [6.45, 7) is 4.34. The number of amides is 1. The van der Waals surface area contributed by atoms with Gasteiger partial charge in [-0.2, -0.15) is 0 Å². The molecule has 2 aromatic heterocycles. The Morgan fingerprint density at radius 2 is 1.96 bits per heavy atom. The van der Waals surface area contributed by atoms with Crippen LogP contribution in [-0.4, -0.2) is 29.5 Å². The average Bonchev–Trinajstić information content (AvgIpc) is 3.12. The van der Waals surface area contributed by atoms with Crippen LogP contribution in [0.4, 0.5) is 0 Å². The molecule has 0 unspecified atom stereocenters. The number of hydrogen-bond acceptors (Lipinski definition) is 6. The molecule has 3 rings (SSSR count). The van der Waals surface area contributed by atoms with Gasteiger partial charge in [0, 0.05) is 12.7 Å². The monoisotopic (exact) mass is 398 g/mol. The number of nitrogens with one attached hydrogen (secondary N) is 1. The van der Waals surface area contributed by atoms with E-state index >= 15 is 0 Å².